The highest BCUT2D eigenvalue weighted by Crippen LogP contribution is 2.31. The molecule has 0 radical (unpaired) electrons. The van der Waals surface area contributed by atoms with Crippen LogP contribution in [0.4, 0.5) is 5.69 Å². The van der Waals surface area contributed by atoms with Crippen molar-refractivity contribution in [3.05, 3.63) is 117 Å². The van der Waals surface area contributed by atoms with Gasteiger partial charge < -0.3 is 15.3 Å². The zero-order chi connectivity index (χ0) is 26.8. The van der Waals surface area contributed by atoms with Crippen LogP contribution in [0.15, 0.2) is 85.1 Å². The van der Waals surface area contributed by atoms with Crippen molar-refractivity contribution in [3.8, 4) is 11.1 Å². The standard InChI is InChI=1S/C29H21Cl2N3O4/c30-19-5-3-4-18(13-19)24-12-17(7-9-22(24)29(37)38)16-34-26(15-21-6-1-2-11-32-21)27(35)33-25-14-20(31)8-10-23(25)28(34)36/h1-14,26H,15-16H2,(H,33,35)(H,37,38). The van der Waals surface area contributed by atoms with Crippen LogP contribution in [0, 0.1) is 0 Å². The topological polar surface area (TPSA) is 99.6 Å². The average molecular weight is 546 g/mol. The zero-order valence-corrected chi connectivity index (χ0v) is 21.4. The van der Waals surface area contributed by atoms with Crippen molar-refractivity contribution in [2.75, 3.05) is 5.32 Å². The van der Waals surface area contributed by atoms with Gasteiger partial charge in [0.05, 0.1) is 16.8 Å². The lowest BCUT2D eigenvalue weighted by Gasteiger charge is -2.29. The van der Waals surface area contributed by atoms with E-state index >= 15 is 0 Å². The third kappa shape index (κ3) is 5.25. The van der Waals surface area contributed by atoms with Crippen LogP contribution >= 0.6 is 23.2 Å². The summed E-state index contributed by atoms with van der Waals surface area (Å²) in [6.45, 7) is 0.0548. The van der Waals surface area contributed by atoms with Gasteiger partial charge in [-0.15, -0.1) is 0 Å². The number of aromatic nitrogens is 1. The number of rotatable bonds is 6. The van der Waals surface area contributed by atoms with E-state index in [1.807, 2.05) is 6.07 Å². The molecule has 190 valence electrons. The Bertz CT molecular complexity index is 1560. The summed E-state index contributed by atoms with van der Waals surface area (Å²) in [6, 6.07) is 21.0. The summed E-state index contributed by atoms with van der Waals surface area (Å²) >= 11 is 12.3. The van der Waals surface area contributed by atoms with E-state index in [1.165, 1.54) is 11.0 Å². The van der Waals surface area contributed by atoms with E-state index in [0.29, 0.717) is 43.7 Å². The first-order valence-corrected chi connectivity index (χ1v) is 12.5. The maximum absolute atomic E-state index is 13.8. The number of hydrogen-bond donors (Lipinski definition) is 2. The molecule has 0 spiro atoms. The van der Waals surface area contributed by atoms with E-state index in [2.05, 4.69) is 10.3 Å². The molecule has 0 saturated heterocycles. The van der Waals surface area contributed by atoms with Crippen molar-refractivity contribution >= 4 is 46.7 Å². The predicted octanol–water partition coefficient (Wildman–Crippen LogP) is 5.96. The van der Waals surface area contributed by atoms with Crippen molar-refractivity contribution < 1.29 is 19.5 Å². The molecule has 1 aliphatic heterocycles. The van der Waals surface area contributed by atoms with Gasteiger partial charge in [-0.05, 0) is 71.3 Å². The van der Waals surface area contributed by atoms with Crippen LogP contribution in [0.25, 0.3) is 11.1 Å². The number of nitrogens with zero attached hydrogens (tertiary/aromatic N) is 2. The van der Waals surface area contributed by atoms with Gasteiger partial charge in [0.2, 0.25) is 5.91 Å². The van der Waals surface area contributed by atoms with Crippen molar-refractivity contribution in [2.24, 2.45) is 0 Å². The van der Waals surface area contributed by atoms with E-state index in [9.17, 15) is 19.5 Å². The Balaban J connectivity index is 1.59. The summed E-state index contributed by atoms with van der Waals surface area (Å²) in [6.07, 6.45) is 1.82. The number of hydrogen-bond acceptors (Lipinski definition) is 4. The molecule has 38 heavy (non-hydrogen) atoms. The minimum absolute atomic E-state index is 0.0548. The second-order valence-electron chi connectivity index (χ2n) is 8.85. The summed E-state index contributed by atoms with van der Waals surface area (Å²) in [7, 11) is 0. The van der Waals surface area contributed by atoms with Gasteiger partial charge in [-0.2, -0.15) is 0 Å². The van der Waals surface area contributed by atoms with Crippen LogP contribution in [-0.4, -0.2) is 38.8 Å². The number of aromatic carboxylic acids is 1. The second-order valence-corrected chi connectivity index (χ2v) is 9.72. The monoisotopic (exact) mass is 545 g/mol. The maximum Gasteiger partial charge on any atom is 0.336 e. The van der Waals surface area contributed by atoms with Gasteiger partial charge in [-0.1, -0.05) is 47.5 Å². The van der Waals surface area contributed by atoms with Crippen LogP contribution in [-0.2, 0) is 17.8 Å². The molecule has 0 aliphatic carbocycles. The number of pyridine rings is 1. The smallest absolute Gasteiger partial charge is 0.336 e. The molecule has 7 nitrogen and oxygen atoms in total. The summed E-state index contributed by atoms with van der Waals surface area (Å²) in [5.41, 5.74) is 3.12. The first-order chi connectivity index (χ1) is 18.3. The van der Waals surface area contributed by atoms with E-state index in [0.717, 1.165) is 0 Å². The molecule has 4 aromatic rings. The van der Waals surface area contributed by atoms with Crippen LogP contribution < -0.4 is 5.32 Å². The predicted molar refractivity (Wildman–Crippen MR) is 146 cm³/mol. The highest BCUT2D eigenvalue weighted by Gasteiger charge is 2.36. The van der Waals surface area contributed by atoms with Gasteiger partial charge in [-0.3, -0.25) is 14.6 Å². The SMILES string of the molecule is O=C(O)c1ccc(CN2C(=O)c3ccc(Cl)cc3NC(=O)C2Cc2ccccn2)cc1-c1cccc(Cl)c1. The van der Waals surface area contributed by atoms with Gasteiger partial charge in [0, 0.05) is 34.9 Å². The molecule has 0 fully saturated rings. The van der Waals surface area contributed by atoms with E-state index < -0.39 is 12.0 Å². The molecule has 3 aromatic carbocycles. The number of carboxylic acid groups (broad SMARTS) is 1. The van der Waals surface area contributed by atoms with Gasteiger partial charge in [-0.25, -0.2) is 4.79 Å². The Morgan fingerprint density at radius 1 is 0.921 bits per heavy atom. The number of carboxylic acids is 1. The quantitative estimate of drug-likeness (QED) is 0.311. The Kier molecular flexibility index (Phi) is 7.13. The van der Waals surface area contributed by atoms with E-state index in [1.54, 1.807) is 72.9 Å². The van der Waals surface area contributed by atoms with Crippen LogP contribution in [0.1, 0.15) is 32.0 Å². The number of benzene rings is 3. The molecule has 1 unspecified atom stereocenters. The molecule has 2 N–H and O–H groups in total. The first kappa shape index (κ1) is 25.4. The number of halogens is 2. The van der Waals surface area contributed by atoms with Gasteiger partial charge in [0.1, 0.15) is 6.04 Å². The molecule has 2 heterocycles. The van der Waals surface area contributed by atoms with Crippen molar-refractivity contribution in [3.63, 3.8) is 0 Å². The fourth-order valence-corrected chi connectivity index (χ4v) is 4.89. The maximum atomic E-state index is 13.8. The minimum Gasteiger partial charge on any atom is -0.478 e. The Labute approximate surface area is 228 Å². The largest absolute Gasteiger partial charge is 0.478 e. The molecule has 1 aromatic heterocycles. The van der Waals surface area contributed by atoms with Crippen molar-refractivity contribution in [1.82, 2.24) is 9.88 Å². The lowest BCUT2D eigenvalue weighted by molar-refractivity contribution is -0.120. The summed E-state index contributed by atoms with van der Waals surface area (Å²) in [5.74, 6) is -1.82. The van der Waals surface area contributed by atoms with Crippen molar-refractivity contribution in [1.29, 1.82) is 0 Å². The molecular formula is C29H21Cl2N3O4. The van der Waals surface area contributed by atoms with Crippen LogP contribution in [0.2, 0.25) is 10.0 Å². The summed E-state index contributed by atoms with van der Waals surface area (Å²) < 4.78 is 0. The number of amides is 2. The molecule has 9 heteroatoms. The second kappa shape index (κ2) is 10.7. The third-order valence-corrected chi connectivity index (χ3v) is 6.81. The highest BCUT2D eigenvalue weighted by atomic mass is 35.5. The fraction of sp³-hybridized carbons (Fsp3) is 0.103. The molecule has 1 aliphatic rings. The number of fused-ring (bicyclic) bond motifs is 1. The van der Waals surface area contributed by atoms with E-state index in [4.69, 9.17) is 23.2 Å². The summed E-state index contributed by atoms with van der Waals surface area (Å²) in [5, 5.41) is 13.5. The van der Waals surface area contributed by atoms with Gasteiger partial charge >= 0.3 is 5.97 Å². The normalized spacial score (nSPS) is 15.0. The van der Waals surface area contributed by atoms with Crippen molar-refractivity contribution in [2.45, 2.75) is 19.0 Å². The minimum atomic E-state index is -1.09. The average Bonchev–Trinajstić information content (AvgIpc) is 2.99. The number of carbonyl (C=O) groups excluding carboxylic acids is 2. The first-order valence-electron chi connectivity index (χ1n) is 11.7. The molecule has 0 saturated carbocycles. The van der Waals surface area contributed by atoms with Gasteiger partial charge in [0.25, 0.3) is 5.91 Å². The number of nitrogens with one attached hydrogen (secondary N) is 1. The zero-order valence-electron chi connectivity index (χ0n) is 19.9. The lowest BCUT2D eigenvalue weighted by Crippen LogP contribution is -2.46. The van der Waals surface area contributed by atoms with Crippen LogP contribution in [0.5, 0.6) is 0 Å². The molecule has 1 atom stereocenters. The molecule has 0 bridgehead atoms. The fourth-order valence-electron chi connectivity index (χ4n) is 4.53. The number of carbonyl (C=O) groups is 3. The highest BCUT2D eigenvalue weighted by molar-refractivity contribution is 6.31. The van der Waals surface area contributed by atoms with E-state index in [-0.39, 0.29) is 30.3 Å². The summed E-state index contributed by atoms with van der Waals surface area (Å²) in [4.78, 5) is 45.1. The van der Waals surface area contributed by atoms with Gasteiger partial charge in [0.15, 0.2) is 0 Å². The Morgan fingerprint density at radius 2 is 1.74 bits per heavy atom. The third-order valence-electron chi connectivity index (χ3n) is 6.34. The Morgan fingerprint density at radius 3 is 2.47 bits per heavy atom. The van der Waals surface area contributed by atoms with Crippen LogP contribution in [0.3, 0.4) is 0 Å². The lowest BCUT2D eigenvalue weighted by atomic mass is 9.96. The molecule has 2 amide bonds. The number of anilines is 1. The molecule has 5 rings (SSSR count). The Hall–Kier alpha value is -4.20. The molecular weight excluding hydrogens is 525 g/mol.